The Bertz CT molecular complexity index is 890. The second-order valence-corrected chi connectivity index (χ2v) is 4.61. The number of carbonyl (C=O) groups is 1. The molecular formula is C15H10N4O4. The maximum Gasteiger partial charge on any atom is 0.356 e. The first-order valence-corrected chi connectivity index (χ1v) is 6.55. The van der Waals surface area contributed by atoms with Crippen molar-refractivity contribution in [3.8, 4) is 16.9 Å². The van der Waals surface area contributed by atoms with E-state index in [1.807, 2.05) is 0 Å². The molecule has 0 aliphatic heterocycles. The van der Waals surface area contributed by atoms with Crippen LogP contribution in [0.1, 0.15) is 10.5 Å². The highest BCUT2D eigenvalue weighted by Gasteiger charge is 2.21. The lowest BCUT2D eigenvalue weighted by Gasteiger charge is -2.07. The van der Waals surface area contributed by atoms with Gasteiger partial charge in [-0.05, 0) is 24.3 Å². The molecule has 0 unspecified atom stereocenters. The normalized spacial score (nSPS) is 10.4. The minimum atomic E-state index is -1.21. The van der Waals surface area contributed by atoms with Gasteiger partial charge in [0.1, 0.15) is 5.69 Å². The molecule has 8 nitrogen and oxygen atoms in total. The van der Waals surface area contributed by atoms with Crippen LogP contribution < -0.4 is 0 Å². The van der Waals surface area contributed by atoms with E-state index in [2.05, 4.69) is 10.1 Å². The SMILES string of the molecule is O=C(O)c1cc(-c2ccncc2)n(-c2ccccc2[N+](=O)[O-])n1. The number of para-hydroxylation sites is 2. The first-order chi connectivity index (χ1) is 11.1. The van der Waals surface area contributed by atoms with E-state index >= 15 is 0 Å². The molecule has 0 spiro atoms. The number of aromatic nitrogens is 3. The van der Waals surface area contributed by atoms with Crippen LogP contribution in [0.25, 0.3) is 16.9 Å². The number of rotatable bonds is 4. The van der Waals surface area contributed by atoms with Crippen molar-refractivity contribution in [1.82, 2.24) is 14.8 Å². The molecule has 0 saturated heterocycles. The number of carboxylic acids is 1. The standard InChI is InChI=1S/C15H10N4O4/c20-15(21)11-9-14(10-5-7-16-8-6-10)18(17-11)12-3-1-2-4-13(12)19(22)23/h1-9H,(H,20,21). The fraction of sp³-hybridized carbons (Fsp3) is 0. The second kappa shape index (κ2) is 5.68. The Labute approximate surface area is 129 Å². The molecule has 0 aliphatic carbocycles. The largest absolute Gasteiger partial charge is 0.476 e. The highest BCUT2D eigenvalue weighted by atomic mass is 16.6. The Kier molecular flexibility index (Phi) is 3.55. The van der Waals surface area contributed by atoms with Crippen LogP contribution in [0.5, 0.6) is 0 Å². The lowest BCUT2D eigenvalue weighted by Crippen LogP contribution is -2.05. The molecule has 0 atom stereocenters. The molecule has 3 rings (SSSR count). The number of benzene rings is 1. The van der Waals surface area contributed by atoms with Crippen LogP contribution in [0.15, 0.2) is 54.9 Å². The summed E-state index contributed by atoms with van der Waals surface area (Å²) in [4.78, 5) is 25.8. The van der Waals surface area contributed by atoms with Gasteiger partial charge >= 0.3 is 5.97 Å². The lowest BCUT2D eigenvalue weighted by molar-refractivity contribution is -0.384. The smallest absolute Gasteiger partial charge is 0.356 e. The molecule has 0 saturated carbocycles. The van der Waals surface area contributed by atoms with Gasteiger partial charge in [0, 0.05) is 24.0 Å². The monoisotopic (exact) mass is 310 g/mol. The molecule has 0 amide bonds. The van der Waals surface area contributed by atoms with Crippen LogP contribution in [0.2, 0.25) is 0 Å². The Balaban J connectivity index is 2.27. The van der Waals surface area contributed by atoms with Crippen molar-refractivity contribution in [2.45, 2.75) is 0 Å². The Morgan fingerprint density at radius 1 is 1.17 bits per heavy atom. The van der Waals surface area contributed by atoms with Crippen LogP contribution in [0.3, 0.4) is 0 Å². The lowest BCUT2D eigenvalue weighted by atomic mass is 10.1. The molecule has 1 aromatic carbocycles. The fourth-order valence-corrected chi connectivity index (χ4v) is 2.20. The van der Waals surface area contributed by atoms with Gasteiger partial charge in [0.2, 0.25) is 0 Å². The highest BCUT2D eigenvalue weighted by molar-refractivity contribution is 5.87. The average molecular weight is 310 g/mol. The van der Waals surface area contributed by atoms with E-state index in [-0.39, 0.29) is 17.1 Å². The zero-order chi connectivity index (χ0) is 16.4. The number of pyridine rings is 1. The van der Waals surface area contributed by atoms with Crippen LogP contribution in [0.4, 0.5) is 5.69 Å². The van der Waals surface area contributed by atoms with E-state index in [1.165, 1.54) is 28.9 Å². The van der Waals surface area contributed by atoms with Gasteiger partial charge in [-0.15, -0.1) is 0 Å². The topological polar surface area (TPSA) is 111 Å². The first-order valence-electron chi connectivity index (χ1n) is 6.55. The van der Waals surface area contributed by atoms with E-state index in [0.29, 0.717) is 11.3 Å². The van der Waals surface area contributed by atoms with Gasteiger partial charge in [-0.1, -0.05) is 12.1 Å². The molecule has 0 fully saturated rings. The van der Waals surface area contributed by atoms with E-state index < -0.39 is 10.9 Å². The molecule has 0 radical (unpaired) electrons. The minimum Gasteiger partial charge on any atom is -0.476 e. The summed E-state index contributed by atoms with van der Waals surface area (Å²) in [5.41, 5.74) is 0.909. The Morgan fingerprint density at radius 3 is 2.52 bits per heavy atom. The summed E-state index contributed by atoms with van der Waals surface area (Å²) in [6.07, 6.45) is 3.10. The van der Waals surface area contributed by atoms with Crippen LogP contribution in [0, 0.1) is 10.1 Å². The van der Waals surface area contributed by atoms with Crippen LogP contribution in [-0.2, 0) is 0 Å². The maximum absolute atomic E-state index is 11.2. The minimum absolute atomic E-state index is 0.164. The zero-order valence-corrected chi connectivity index (χ0v) is 11.7. The van der Waals surface area contributed by atoms with Crippen molar-refractivity contribution in [2.24, 2.45) is 0 Å². The number of nitrogens with zero attached hydrogens (tertiary/aromatic N) is 4. The second-order valence-electron chi connectivity index (χ2n) is 4.61. The van der Waals surface area contributed by atoms with Gasteiger partial charge in [0.05, 0.1) is 10.6 Å². The molecule has 3 aromatic rings. The summed E-state index contributed by atoms with van der Waals surface area (Å²) in [6, 6.07) is 10.7. The van der Waals surface area contributed by atoms with Crippen molar-refractivity contribution in [3.05, 3.63) is 70.7 Å². The van der Waals surface area contributed by atoms with Gasteiger partial charge in [-0.25, -0.2) is 9.48 Å². The quantitative estimate of drug-likeness (QED) is 0.585. The van der Waals surface area contributed by atoms with E-state index in [9.17, 15) is 20.0 Å². The van der Waals surface area contributed by atoms with Gasteiger partial charge in [0.15, 0.2) is 5.69 Å². The summed E-state index contributed by atoms with van der Waals surface area (Å²) >= 11 is 0. The predicted octanol–water partition coefficient (Wildman–Crippen LogP) is 2.54. The summed E-state index contributed by atoms with van der Waals surface area (Å²) in [7, 11) is 0. The van der Waals surface area contributed by atoms with E-state index in [4.69, 9.17) is 0 Å². The van der Waals surface area contributed by atoms with Crippen molar-refractivity contribution >= 4 is 11.7 Å². The highest BCUT2D eigenvalue weighted by Crippen LogP contribution is 2.28. The molecule has 0 aliphatic rings. The molecule has 0 bridgehead atoms. The third-order valence-electron chi connectivity index (χ3n) is 3.21. The number of hydrogen-bond acceptors (Lipinski definition) is 5. The molecule has 2 heterocycles. The van der Waals surface area contributed by atoms with Gasteiger partial charge in [-0.3, -0.25) is 15.1 Å². The van der Waals surface area contributed by atoms with Gasteiger partial charge < -0.3 is 5.11 Å². The van der Waals surface area contributed by atoms with Crippen molar-refractivity contribution < 1.29 is 14.8 Å². The van der Waals surface area contributed by atoms with Gasteiger partial charge in [-0.2, -0.15) is 5.10 Å². The Hall–Kier alpha value is -3.55. The van der Waals surface area contributed by atoms with E-state index in [0.717, 1.165) is 0 Å². The van der Waals surface area contributed by atoms with Crippen molar-refractivity contribution in [2.75, 3.05) is 0 Å². The fourth-order valence-electron chi connectivity index (χ4n) is 2.20. The predicted molar refractivity (Wildman–Crippen MR) is 80.4 cm³/mol. The number of hydrogen-bond donors (Lipinski definition) is 1. The van der Waals surface area contributed by atoms with Crippen LogP contribution in [-0.4, -0.2) is 30.8 Å². The Morgan fingerprint density at radius 2 is 1.87 bits per heavy atom. The number of nitro groups is 1. The summed E-state index contributed by atoms with van der Waals surface area (Å²) in [5.74, 6) is -1.21. The molecule has 8 heteroatoms. The number of aromatic carboxylic acids is 1. The molecule has 23 heavy (non-hydrogen) atoms. The number of carboxylic acid groups (broad SMARTS) is 1. The van der Waals surface area contributed by atoms with Gasteiger partial charge in [0.25, 0.3) is 5.69 Å². The maximum atomic E-state index is 11.2. The number of nitro benzene ring substituents is 1. The van der Waals surface area contributed by atoms with E-state index in [1.54, 1.807) is 30.6 Å². The molecular weight excluding hydrogens is 300 g/mol. The first kappa shape index (κ1) is 14.4. The molecule has 114 valence electrons. The third kappa shape index (κ3) is 2.64. The summed E-state index contributed by atoms with van der Waals surface area (Å²) < 4.78 is 1.26. The molecule has 1 N–H and O–H groups in total. The zero-order valence-electron chi connectivity index (χ0n) is 11.7. The van der Waals surface area contributed by atoms with Crippen molar-refractivity contribution in [3.63, 3.8) is 0 Å². The third-order valence-corrected chi connectivity index (χ3v) is 3.21. The summed E-state index contributed by atoms with van der Waals surface area (Å²) in [6.45, 7) is 0. The average Bonchev–Trinajstić information content (AvgIpc) is 3.01. The summed E-state index contributed by atoms with van der Waals surface area (Å²) in [5, 5.41) is 24.4. The molecule has 2 aromatic heterocycles. The van der Waals surface area contributed by atoms with Crippen LogP contribution >= 0.6 is 0 Å². The van der Waals surface area contributed by atoms with Crippen molar-refractivity contribution in [1.29, 1.82) is 0 Å².